The minimum atomic E-state index is -0.0648. The number of nitriles is 1. The van der Waals surface area contributed by atoms with Crippen LogP contribution in [0.1, 0.15) is 24.5 Å². The van der Waals surface area contributed by atoms with Crippen LogP contribution in [-0.4, -0.2) is 12.5 Å². The molecule has 1 N–H and O–H groups in total. The molecule has 0 atom stereocenters. The Morgan fingerprint density at radius 1 is 1.53 bits per heavy atom. The van der Waals surface area contributed by atoms with Crippen molar-refractivity contribution in [3.8, 4) is 17.9 Å². The third-order valence-corrected chi connectivity index (χ3v) is 2.27. The van der Waals surface area contributed by atoms with Crippen LogP contribution in [-0.2, 0) is 4.79 Å². The highest BCUT2D eigenvalue weighted by atomic mass is 35.5. The van der Waals surface area contributed by atoms with Gasteiger partial charge < -0.3 is 5.32 Å². The quantitative estimate of drug-likeness (QED) is 0.642. The molecule has 1 aromatic carbocycles. The van der Waals surface area contributed by atoms with E-state index in [1.165, 1.54) is 6.92 Å². The predicted octanol–water partition coefficient (Wildman–Crippen LogP) is 2.09. The molecule has 0 unspecified atom stereocenters. The first kappa shape index (κ1) is 13.1. The normalized spacial score (nSPS) is 8.76. The van der Waals surface area contributed by atoms with Gasteiger partial charge in [-0.2, -0.15) is 5.26 Å². The SMILES string of the molecule is CC(=O)NCCC#Cc1ccc(Cl)c(C#N)c1. The summed E-state index contributed by atoms with van der Waals surface area (Å²) in [6.07, 6.45) is 0.574. The van der Waals surface area contributed by atoms with Gasteiger partial charge in [0.2, 0.25) is 5.91 Å². The Hall–Kier alpha value is -1.97. The van der Waals surface area contributed by atoms with Crippen LogP contribution in [0.25, 0.3) is 0 Å². The minimum Gasteiger partial charge on any atom is -0.355 e. The Kier molecular flexibility index (Phi) is 5.07. The number of carbonyl (C=O) groups excluding carboxylic acids is 1. The van der Waals surface area contributed by atoms with Crippen molar-refractivity contribution < 1.29 is 4.79 Å². The van der Waals surface area contributed by atoms with Gasteiger partial charge in [-0.25, -0.2) is 0 Å². The molecule has 0 aliphatic rings. The standard InChI is InChI=1S/C13H11ClN2O/c1-10(17)16-7-3-2-4-11-5-6-13(14)12(8-11)9-15/h5-6,8H,3,7H2,1H3,(H,16,17). The maximum Gasteiger partial charge on any atom is 0.216 e. The van der Waals surface area contributed by atoms with Gasteiger partial charge in [-0.15, -0.1) is 0 Å². The highest BCUT2D eigenvalue weighted by Crippen LogP contribution is 2.15. The largest absolute Gasteiger partial charge is 0.355 e. The molecule has 3 nitrogen and oxygen atoms in total. The maximum atomic E-state index is 10.6. The summed E-state index contributed by atoms with van der Waals surface area (Å²) in [7, 11) is 0. The van der Waals surface area contributed by atoms with E-state index in [1.807, 2.05) is 6.07 Å². The van der Waals surface area contributed by atoms with Gasteiger partial charge in [0.15, 0.2) is 0 Å². The van der Waals surface area contributed by atoms with Crippen LogP contribution >= 0.6 is 11.6 Å². The van der Waals surface area contributed by atoms with Gasteiger partial charge in [-0.1, -0.05) is 23.4 Å². The summed E-state index contributed by atoms with van der Waals surface area (Å²) in [5.74, 6) is 5.76. The van der Waals surface area contributed by atoms with Gasteiger partial charge in [0.25, 0.3) is 0 Å². The number of nitrogens with zero attached hydrogens (tertiary/aromatic N) is 1. The van der Waals surface area contributed by atoms with Crippen molar-refractivity contribution in [2.45, 2.75) is 13.3 Å². The van der Waals surface area contributed by atoms with E-state index in [0.717, 1.165) is 5.56 Å². The van der Waals surface area contributed by atoms with E-state index in [4.69, 9.17) is 16.9 Å². The molecule has 0 spiro atoms. The molecule has 0 saturated carbocycles. The monoisotopic (exact) mass is 246 g/mol. The lowest BCUT2D eigenvalue weighted by Gasteiger charge is -1.96. The van der Waals surface area contributed by atoms with E-state index in [-0.39, 0.29) is 5.91 Å². The molecule has 0 aromatic heterocycles. The lowest BCUT2D eigenvalue weighted by atomic mass is 10.1. The Balaban J connectivity index is 2.61. The van der Waals surface area contributed by atoms with Gasteiger partial charge in [0, 0.05) is 25.5 Å². The molecule has 4 heteroatoms. The molecular weight excluding hydrogens is 236 g/mol. The van der Waals surface area contributed by atoms with Crippen molar-refractivity contribution >= 4 is 17.5 Å². The maximum absolute atomic E-state index is 10.6. The molecule has 0 aliphatic carbocycles. The number of nitrogens with one attached hydrogen (secondary N) is 1. The Bertz CT molecular complexity index is 520. The van der Waals surface area contributed by atoms with Gasteiger partial charge in [-0.05, 0) is 18.2 Å². The Morgan fingerprint density at radius 2 is 2.29 bits per heavy atom. The van der Waals surface area contributed by atoms with Crippen molar-refractivity contribution in [1.29, 1.82) is 5.26 Å². The zero-order chi connectivity index (χ0) is 12.7. The molecular formula is C13H11ClN2O. The van der Waals surface area contributed by atoms with Crippen LogP contribution < -0.4 is 5.32 Å². The van der Waals surface area contributed by atoms with E-state index in [2.05, 4.69) is 17.2 Å². The number of halogens is 1. The molecule has 1 rings (SSSR count). The topological polar surface area (TPSA) is 52.9 Å². The summed E-state index contributed by atoms with van der Waals surface area (Å²) < 4.78 is 0. The molecule has 0 aliphatic heterocycles. The molecule has 0 radical (unpaired) electrons. The first-order valence-corrected chi connectivity index (χ1v) is 5.44. The predicted molar refractivity (Wildman–Crippen MR) is 66.3 cm³/mol. The summed E-state index contributed by atoms with van der Waals surface area (Å²) in [6.45, 7) is 1.99. The molecule has 0 heterocycles. The number of rotatable bonds is 2. The number of amides is 1. The fourth-order valence-corrected chi connectivity index (χ4v) is 1.31. The molecule has 0 bridgehead atoms. The third-order valence-electron chi connectivity index (χ3n) is 1.94. The number of carbonyl (C=O) groups is 1. The second-order valence-corrected chi connectivity index (χ2v) is 3.75. The first-order valence-electron chi connectivity index (χ1n) is 5.06. The average molecular weight is 247 g/mol. The fraction of sp³-hybridized carbons (Fsp3) is 0.231. The third kappa shape index (κ3) is 4.59. The lowest BCUT2D eigenvalue weighted by Crippen LogP contribution is -2.20. The van der Waals surface area contributed by atoms with Crippen molar-refractivity contribution in [3.05, 3.63) is 34.3 Å². The number of hydrogen-bond donors (Lipinski definition) is 1. The molecule has 17 heavy (non-hydrogen) atoms. The second kappa shape index (κ2) is 6.58. The summed E-state index contributed by atoms with van der Waals surface area (Å²) in [4.78, 5) is 10.6. The van der Waals surface area contributed by atoms with Crippen LogP contribution in [0.4, 0.5) is 0 Å². The smallest absolute Gasteiger partial charge is 0.216 e. The summed E-state index contributed by atoms with van der Waals surface area (Å²) in [5.41, 5.74) is 1.16. The summed E-state index contributed by atoms with van der Waals surface area (Å²) in [6, 6.07) is 7.05. The van der Waals surface area contributed by atoms with Crippen LogP contribution in [0.15, 0.2) is 18.2 Å². The molecule has 86 valence electrons. The fourth-order valence-electron chi connectivity index (χ4n) is 1.15. The van der Waals surface area contributed by atoms with Crippen LogP contribution in [0, 0.1) is 23.2 Å². The van der Waals surface area contributed by atoms with E-state index in [9.17, 15) is 4.79 Å². The Labute approximate surface area is 105 Å². The van der Waals surface area contributed by atoms with E-state index in [0.29, 0.717) is 23.6 Å². The van der Waals surface area contributed by atoms with E-state index >= 15 is 0 Å². The summed E-state index contributed by atoms with van der Waals surface area (Å²) in [5, 5.41) is 11.9. The number of hydrogen-bond acceptors (Lipinski definition) is 2. The van der Waals surface area contributed by atoms with Crippen molar-refractivity contribution in [2.24, 2.45) is 0 Å². The van der Waals surface area contributed by atoms with Crippen LogP contribution in [0.5, 0.6) is 0 Å². The zero-order valence-corrected chi connectivity index (χ0v) is 10.1. The first-order chi connectivity index (χ1) is 8.13. The molecule has 0 saturated heterocycles. The Morgan fingerprint density at radius 3 is 2.94 bits per heavy atom. The van der Waals surface area contributed by atoms with Crippen molar-refractivity contribution in [1.82, 2.24) is 5.32 Å². The molecule has 1 amide bonds. The summed E-state index contributed by atoms with van der Waals surface area (Å²) >= 11 is 5.80. The van der Waals surface area contributed by atoms with Gasteiger partial charge in [-0.3, -0.25) is 4.79 Å². The van der Waals surface area contributed by atoms with Gasteiger partial charge in [0.1, 0.15) is 6.07 Å². The van der Waals surface area contributed by atoms with E-state index in [1.54, 1.807) is 18.2 Å². The molecule has 1 aromatic rings. The zero-order valence-electron chi connectivity index (χ0n) is 9.38. The van der Waals surface area contributed by atoms with Crippen LogP contribution in [0.3, 0.4) is 0 Å². The van der Waals surface area contributed by atoms with Gasteiger partial charge >= 0.3 is 0 Å². The lowest BCUT2D eigenvalue weighted by molar-refractivity contribution is -0.118. The molecule has 0 fully saturated rings. The van der Waals surface area contributed by atoms with Crippen LogP contribution in [0.2, 0.25) is 5.02 Å². The van der Waals surface area contributed by atoms with Gasteiger partial charge in [0.05, 0.1) is 10.6 Å². The highest BCUT2D eigenvalue weighted by molar-refractivity contribution is 6.31. The average Bonchev–Trinajstić information content (AvgIpc) is 2.30. The number of benzene rings is 1. The minimum absolute atomic E-state index is 0.0648. The van der Waals surface area contributed by atoms with Crippen molar-refractivity contribution in [3.63, 3.8) is 0 Å². The van der Waals surface area contributed by atoms with E-state index < -0.39 is 0 Å². The van der Waals surface area contributed by atoms with Crippen molar-refractivity contribution in [2.75, 3.05) is 6.54 Å². The highest BCUT2D eigenvalue weighted by Gasteiger charge is 1.98. The second-order valence-electron chi connectivity index (χ2n) is 3.34.